The van der Waals surface area contributed by atoms with Gasteiger partial charge in [-0.15, -0.1) is 24.5 Å². The van der Waals surface area contributed by atoms with Crippen molar-refractivity contribution in [3.05, 3.63) is 53.5 Å². The van der Waals surface area contributed by atoms with Gasteiger partial charge < -0.3 is 15.2 Å². The lowest BCUT2D eigenvalue weighted by molar-refractivity contribution is -0.274. The Morgan fingerprint density at radius 2 is 1.93 bits per heavy atom. The van der Waals surface area contributed by atoms with Gasteiger partial charge in [-0.05, 0) is 41.8 Å². The van der Waals surface area contributed by atoms with E-state index in [0.29, 0.717) is 17.1 Å². The van der Waals surface area contributed by atoms with Gasteiger partial charge in [-0.25, -0.2) is 9.97 Å². The first-order chi connectivity index (χ1) is 13.4. The number of rotatable bonds is 6. The first-order valence-electron chi connectivity index (χ1n) is 8.04. The van der Waals surface area contributed by atoms with Gasteiger partial charge in [-0.1, -0.05) is 6.07 Å². The number of carbonyl (C=O) groups excluding carboxylic acids is 1. The van der Waals surface area contributed by atoms with Crippen LogP contribution >= 0.6 is 11.3 Å². The molecule has 2 N–H and O–H groups in total. The third-order valence-corrected chi connectivity index (χ3v) is 4.35. The highest BCUT2D eigenvalue weighted by molar-refractivity contribution is 7.13. The molecular formula is C18H14F3N3O3S. The van der Waals surface area contributed by atoms with Gasteiger partial charge in [0.2, 0.25) is 0 Å². The first-order valence-corrected chi connectivity index (χ1v) is 8.92. The Morgan fingerprint density at radius 3 is 2.54 bits per heavy atom. The molecule has 6 nitrogen and oxygen atoms in total. The van der Waals surface area contributed by atoms with E-state index < -0.39 is 12.3 Å². The van der Waals surface area contributed by atoms with Crippen molar-refractivity contribution >= 4 is 17.2 Å². The maximum absolute atomic E-state index is 12.3. The molecule has 0 unspecified atom stereocenters. The van der Waals surface area contributed by atoms with Gasteiger partial charge in [0.25, 0.3) is 5.91 Å². The average molecular weight is 409 g/mol. The molecule has 1 amide bonds. The molecule has 1 aromatic carbocycles. The lowest BCUT2D eigenvalue weighted by atomic mass is 10.1. The van der Waals surface area contributed by atoms with Crippen molar-refractivity contribution in [1.82, 2.24) is 15.3 Å². The molecule has 0 aliphatic rings. The molecule has 10 heteroatoms. The number of nitrogens with zero attached hydrogens (tertiary/aromatic N) is 2. The summed E-state index contributed by atoms with van der Waals surface area (Å²) in [5, 5.41) is 13.2. The van der Waals surface area contributed by atoms with E-state index in [-0.39, 0.29) is 24.6 Å². The average Bonchev–Trinajstić information content (AvgIpc) is 3.20. The molecule has 146 valence electrons. The number of alkyl halides is 3. The predicted molar refractivity (Wildman–Crippen MR) is 96.9 cm³/mol. The normalized spacial score (nSPS) is 11.3. The van der Waals surface area contributed by atoms with E-state index in [0.717, 1.165) is 4.88 Å². The quantitative estimate of drug-likeness (QED) is 0.651. The minimum atomic E-state index is -4.78. The van der Waals surface area contributed by atoms with Gasteiger partial charge in [0.05, 0.1) is 17.2 Å². The molecule has 0 saturated heterocycles. The maximum Gasteiger partial charge on any atom is 0.573 e. The number of nitrogens with one attached hydrogen (secondary N) is 1. The molecule has 3 rings (SSSR count). The number of halogens is 3. The molecule has 0 fully saturated rings. The fourth-order valence-electron chi connectivity index (χ4n) is 2.31. The number of amides is 1. The summed E-state index contributed by atoms with van der Waals surface area (Å²) in [6, 6.07) is 10.2. The Morgan fingerprint density at radius 1 is 1.18 bits per heavy atom. The number of aliphatic hydroxyl groups excluding tert-OH is 1. The Labute approximate surface area is 161 Å². The fourth-order valence-corrected chi connectivity index (χ4v) is 2.97. The number of carbonyl (C=O) groups is 1. The van der Waals surface area contributed by atoms with Crippen LogP contribution in [0.25, 0.3) is 22.0 Å². The summed E-state index contributed by atoms with van der Waals surface area (Å²) < 4.78 is 40.8. The van der Waals surface area contributed by atoms with E-state index in [9.17, 15) is 18.0 Å². The smallest absolute Gasteiger partial charge is 0.406 e. The Hall–Kier alpha value is -2.98. The molecule has 3 aromatic rings. The number of thiophene rings is 1. The molecule has 0 bridgehead atoms. The van der Waals surface area contributed by atoms with Gasteiger partial charge in [0.15, 0.2) is 5.82 Å². The summed E-state index contributed by atoms with van der Waals surface area (Å²) >= 11 is 1.39. The SMILES string of the molecule is O=C(NCCO)c1cc(-c2ccc(OC(F)(F)F)cc2)nc(-c2cccs2)n1. The summed E-state index contributed by atoms with van der Waals surface area (Å²) in [6.45, 7) is -0.155. The number of aliphatic hydroxyl groups is 1. The van der Waals surface area contributed by atoms with E-state index in [2.05, 4.69) is 20.0 Å². The molecule has 0 saturated carbocycles. The summed E-state index contributed by atoms with van der Waals surface area (Å²) in [5.41, 5.74) is 0.939. The third-order valence-electron chi connectivity index (χ3n) is 3.48. The van der Waals surface area contributed by atoms with Crippen molar-refractivity contribution in [3.63, 3.8) is 0 Å². The van der Waals surface area contributed by atoms with Crippen LogP contribution in [-0.2, 0) is 0 Å². The van der Waals surface area contributed by atoms with E-state index in [1.165, 1.54) is 41.7 Å². The van der Waals surface area contributed by atoms with Crippen LogP contribution in [0, 0.1) is 0 Å². The highest BCUT2D eigenvalue weighted by Gasteiger charge is 2.31. The molecular weight excluding hydrogens is 395 g/mol. The minimum absolute atomic E-state index is 0.0655. The molecule has 28 heavy (non-hydrogen) atoms. The fraction of sp³-hybridized carbons (Fsp3) is 0.167. The van der Waals surface area contributed by atoms with Crippen LogP contribution < -0.4 is 10.1 Å². The van der Waals surface area contributed by atoms with Crippen LogP contribution in [0.15, 0.2) is 47.8 Å². The van der Waals surface area contributed by atoms with Crippen LogP contribution in [0.2, 0.25) is 0 Å². The summed E-state index contributed by atoms with van der Waals surface area (Å²) in [7, 11) is 0. The first kappa shape index (κ1) is 19.8. The zero-order chi connectivity index (χ0) is 20.1. The molecule has 0 radical (unpaired) electrons. The van der Waals surface area contributed by atoms with Crippen molar-refractivity contribution < 1.29 is 27.8 Å². The maximum atomic E-state index is 12.3. The second-order valence-corrected chi connectivity index (χ2v) is 6.44. The molecule has 2 heterocycles. The molecule has 0 atom stereocenters. The minimum Gasteiger partial charge on any atom is -0.406 e. The molecule has 0 spiro atoms. The Balaban J connectivity index is 1.97. The number of hydrogen-bond acceptors (Lipinski definition) is 6. The molecule has 0 aliphatic carbocycles. The van der Waals surface area contributed by atoms with Crippen LogP contribution in [0.1, 0.15) is 10.5 Å². The van der Waals surface area contributed by atoms with Crippen molar-refractivity contribution in [3.8, 4) is 27.7 Å². The van der Waals surface area contributed by atoms with Gasteiger partial charge in [0.1, 0.15) is 11.4 Å². The standard InChI is InChI=1S/C18H14F3N3O3S/c19-18(20,21)27-12-5-3-11(4-6-12)13-10-14(17(26)22-7-8-25)24-16(23-13)15-2-1-9-28-15/h1-6,9-10,25H,7-8H2,(H,22,26). The van der Waals surface area contributed by atoms with Gasteiger partial charge in [0, 0.05) is 12.1 Å². The number of ether oxygens (including phenoxy) is 1. The van der Waals surface area contributed by atoms with E-state index >= 15 is 0 Å². The summed E-state index contributed by atoms with van der Waals surface area (Å²) in [6.07, 6.45) is -4.78. The summed E-state index contributed by atoms with van der Waals surface area (Å²) in [5.74, 6) is -0.533. The van der Waals surface area contributed by atoms with Crippen LogP contribution in [0.5, 0.6) is 5.75 Å². The van der Waals surface area contributed by atoms with Gasteiger partial charge in [-0.3, -0.25) is 4.79 Å². The van der Waals surface area contributed by atoms with Crippen LogP contribution in [-0.4, -0.2) is 40.5 Å². The van der Waals surface area contributed by atoms with Crippen molar-refractivity contribution in [2.24, 2.45) is 0 Å². The van der Waals surface area contributed by atoms with Gasteiger partial charge in [-0.2, -0.15) is 0 Å². The number of aromatic nitrogens is 2. The van der Waals surface area contributed by atoms with Crippen LogP contribution in [0.3, 0.4) is 0 Å². The zero-order valence-corrected chi connectivity index (χ0v) is 15.0. The van der Waals surface area contributed by atoms with Crippen molar-refractivity contribution in [1.29, 1.82) is 0 Å². The van der Waals surface area contributed by atoms with Gasteiger partial charge >= 0.3 is 6.36 Å². The van der Waals surface area contributed by atoms with Crippen LogP contribution in [0.4, 0.5) is 13.2 Å². The van der Waals surface area contributed by atoms with E-state index in [1.54, 1.807) is 6.07 Å². The lowest BCUT2D eigenvalue weighted by Gasteiger charge is -2.10. The third kappa shape index (κ3) is 5.05. The lowest BCUT2D eigenvalue weighted by Crippen LogP contribution is -2.27. The second kappa shape index (κ2) is 8.36. The number of hydrogen-bond donors (Lipinski definition) is 2. The number of benzene rings is 1. The monoisotopic (exact) mass is 409 g/mol. The highest BCUT2D eigenvalue weighted by atomic mass is 32.1. The highest BCUT2D eigenvalue weighted by Crippen LogP contribution is 2.28. The molecule has 0 aliphatic heterocycles. The Kier molecular flexibility index (Phi) is 5.90. The second-order valence-electron chi connectivity index (χ2n) is 5.49. The largest absolute Gasteiger partial charge is 0.573 e. The Bertz CT molecular complexity index is 945. The van der Waals surface area contributed by atoms with E-state index in [4.69, 9.17) is 5.11 Å². The van der Waals surface area contributed by atoms with Crippen molar-refractivity contribution in [2.75, 3.05) is 13.2 Å². The van der Waals surface area contributed by atoms with E-state index in [1.807, 2.05) is 11.4 Å². The summed E-state index contributed by atoms with van der Waals surface area (Å²) in [4.78, 5) is 21.7. The van der Waals surface area contributed by atoms with Crippen molar-refractivity contribution in [2.45, 2.75) is 6.36 Å². The topological polar surface area (TPSA) is 84.3 Å². The predicted octanol–water partition coefficient (Wildman–Crippen LogP) is 3.49. The molecule has 2 aromatic heterocycles. The zero-order valence-electron chi connectivity index (χ0n) is 14.2.